The van der Waals surface area contributed by atoms with Crippen LogP contribution in [0.2, 0.25) is 0 Å². The largest absolute Gasteiger partial charge is 0.469 e. The molecule has 0 spiro atoms. The summed E-state index contributed by atoms with van der Waals surface area (Å²) in [5.41, 5.74) is -0.0116. The van der Waals surface area contributed by atoms with Gasteiger partial charge in [-0.3, -0.25) is 14.4 Å². The molecule has 146 valence electrons. The van der Waals surface area contributed by atoms with E-state index in [4.69, 9.17) is 0 Å². The zero-order valence-corrected chi connectivity index (χ0v) is 16.3. The number of amides is 1. The Morgan fingerprint density at radius 3 is 2.48 bits per heavy atom. The van der Waals surface area contributed by atoms with Crippen LogP contribution in [0.5, 0.6) is 0 Å². The van der Waals surface area contributed by atoms with Crippen molar-refractivity contribution in [1.82, 2.24) is 15.3 Å². The summed E-state index contributed by atoms with van der Waals surface area (Å²) < 4.78 is 4.60. The molecule has 4 bridgehead atoms. The zero-order valence-electron chi connectivity index (χ0n) is 15.5. The monoisotopic (exact) mass is 391 g/mol. The van der Waals surface area contributed by atoms with E-state index < -0.39 is 5.97 Å². The van der Waals surface area contributed by atoms with E-state index in [1.807, 2.05) is 0 Å². The van der Waals surface area contributed by atoms with E-state index in [9.17, 15) is 14.4 Å². The Morgan fingerprint density at radius 1 is 1.26 bits per heavy atom. The van der Waals surface area contributed by atoms with Crippen molar-refractivity contribution in [3.8, 4) is 0 Å². The highest BCUT2D eigenvalue weighted by atomic mass is 32.2. The number of methoxy groups -OCH3 is 1. The molecule has 1 aromatic heterocycles. The third-order valence-corrected chi connectivity index (χ3v) is 6.98. The topological polar surface area (TPSA) is 101 Å². The molecular formula is C19H25N3O4S. The van der Waals surface area contributed by atoms with Crippen molar-refractivity contribution in [1.29, 1.82) is 0 Å². The lowest BCUT2D eigenvalue weighted by molar-refractivity contribution is -0.139. The van der Waals surface area contributed by atoms with Crippen molar-refractivity contribution >= 4 is 23.6 Å². The molecular weight excluding hydrogens is 366 g/mol. The van der Waals surface area contributed by atoms with Gasteiger partial charge in [0, 0.05) is 11.6 Å². The standard InChI is InChI=1S/C19H25N3O4S/c1-26-17(25)6-14-5-15(23)21-18(20-14)27-10-16(24)22-19-7-11-2-12(8-19)4-13(3-11)9-19/h5,11-13H,2-4,6-10H2,1H3,(H,22,24)(H,20,21,23). The summed E-state index contributed by atoms with van der Waals surface area (Å²) in [6.45, 7) is 0. The van der Waals surface area contributed by atoms with Gasteiger partial charge in [-0.1, -0.05) is 11.8 Å². The number of thioether (sulfide) groups is 1. The van der Waals surface area contributed by atoms with Crippen LogP contribution in [0.1, 0.15) is 44.2 Å². The molecule has 0 unspecified atom stereocenters. The van der Waals surface area contributed by atoms with Gasteiger partial charge in [0.1, 0.15) is 0 Å². The maximum absolute atomic E-state index is 12.6. The molecule has 0 saturated heterocycles. The number of rotatable bonds is 6. The van der Waals surface area contributed by atoms with E-state index in [-0.39, 0.29) is 29.2 Å². The number of esters is 1. The van der Waals surface area contributed by atoms with Crippen LogP contribution in [-0.4, -0.2) is 40.2 Å². The second-order valence-corrected chi connectivity index (χ2v) is 9.29. The molecule has 0 radical (unpaired) electrons. The summed E-state index contributed by atoms with van der Waals surface area (Å²) >= 11 is 1.19. The summed E-state index contributed by atoms with van der Waals surface area (Å²) in [5.74, 6) is 2.06. The lowest BCUT2D eigenvalue weighted by atomic mass is 9.53. The number of aromatic nitrogens is 2. The van der Waals surface area contributed by atoms with E-state index in [1.165, 1.54) is 44.2 Å². The van der Waals surface area contributed by atoms with Crippen LogP contribution in [0.4, 0.5) is 0 Å². The number of ether oxygens (including phenoxy) is 1. The summed E-state index contributed by atoms with van der Waals surface area (Å²) in [7, 11) is 1.29. The number of hydrogen-bond donors (Lipinski definition) is 2. The lowest BCUT2D eigenvalue weighted by Crippen LogP contribution is -2.60. The average Bonchev–Trinajstić information content (AvgIpc) is 2.57. The Labute approximate surface area is 162 Å². The summed E-state index contributed by atoms with van der Waals surface area (Å²) in [6, 6.07) is 1.27. The highest BCUT2D eigenvalue weighted by Gasteiger charge is 2.51. The third kappa shape index (κ3) is 4.20. The van der Waals surface area contributed by atoms with Crippen molar-refractivity contribution < 1.29 is 14.3 Å². The first-order valence-electron chi connectivity index (χ1n) is 9.54. The first kappa shape index (κ1) is 18.5. The third-order valence-electron chi connectivity index (χ3n) is 6.11. The normalized spacial score (nSPS) is 30.9. The molecule has 5 rings (SSSR count). The molecule has 27 heavy (non-hydrogen) atoms. The highest BCUT2D eigenvalue weighted by Crippen LogP contribution is 2.55. The van der Waals surface area contributed by atoms with Crippen molar-refractivity contribution in [2.24, 2.45) is 17.8 Å². The first-order valence-corrected chi connectivity index (χ1v) is 10.5. The van der Waals surface area contributed by atoms with Gasteiger partial charge >= 0.3 is 5.97 Å². The van der Waals surface area contributed by atoms with Gasteiger partial charge in [-0.05, 0) is 56.3 Å². The summed E-state index contributed by atoms with van der Waals surface area (Å²) in [6.07, 6.45) is 7.27. The van der Waals surface area contributed by atoms with Crippen LogP contribution in [-0.2, 0) is 20.7 Å². The van der Waals surface area contributed by atoms with E-state index in [2.05, 4.69) is 20.0 Å². The minimum absolute atomic E-state index is 0.0111. The molecule has 0 atom stereocenters. The number of nitrogens with one attached hydrogen (secondary N) is 2. The number of nitrogens with zero attached hydrogens (tertiary/aromatic N) is 1. The van der Waals surface area contributed by atoms with Crippen LogP contribution in [0, 0.1) is 17.8 Å². The van der Waals surface area contributed by atoms with E-state index in [1.54, 1.807) is 0 Å². The lowest BCUT2D eigenvalue weighted by Gasteiger charge is -2.56. The molecule has 4 fully saturated rings. The molecule has 1 amide bonds. The molecule has 4 aliphatic rings. The number of H-pyrrole nitrogens is 1. The van der Waals surface area contributed by atoms with Gasteiger partial charge in [-0.15, -0.1) is 0 Å². The van der Waals surface area contributed by atoms with E-state index in [0.717, 1.165) is 37.0 Å². The maximum atomic E-state index is 12.6. The first-order chi connectivity index (χ1) is 12.9. The summed E-state index contributed by atoms with van der Waals surface area (Å²) in [5, 5.41) is 3.66. The second kappa shape index (κ2) is 7.30. The van der Waals surface area contributed by atoms with Gasteiger partial charge in [0.2, 0.25) is 5.91 Å². The molecule has 1 aromatic rings. The van der Waals surface area contributed by atoms with E-state index >= 15 is 0 Å². The number of aromatic amines is 1. The minimum atomic E-state index is -0.455. The Hall–Kier alpha value is -1.83. The van der Waals surface area contributed by atoms with E-state index in [0.29, 0.717) is 10.9 Å². The predicted octanol–water partition coefficient (Wildman–Crippen LogP) is 1.66. The Bertz CT molecular complexity index is 771. The fourth-order valence-electron chi connectivity index (χ4n) is 5.59. The van der Waals surface area contributed by atoms with Crippen molar-refractivity contribution in [2.75, 3.05) is 12.9 Å². The van der Waals surface area contributed by atoms with Crippen LogP contribution >= 0.6 is 11.8 Å². The van der Waals surface area contributed by atoms with Gasteiger partial charge in [0.25, 0.3) is 5.56 Å². The number of carbonyl (C=O) groups is 2. The van der Waals surface area contributed by atoms with Gasteiger partial charge in [0.05, 0.1) is 25.0 Å². The maximum Gasteiger partial charge on any atom is 0.311 e. The number of hydrogen-bond acceptors (Lipinski definition) is 6. The van der Waals surface area contributed by atoms with Crippen LogP contribution in [0.3, 0.4) is 0 Å². The number of carbonyl (C=O) groups excluding carboxylic acids is 2. The fourth-order valence-corrected chi connectivity index (χ4v) is 6.29. The van der Waals surface area contributed by atoms with Gasteiger partial charge < -0.3 is 15.0 Å². The molecule has 8 heteroatoms. The van der Waals surface area contributed by atoms with Crippen molar-refractivity contribution in [3.63, 3.8) is 0 Å². The van der Waals surface area contributed by atoms with Crippen LogP contribution in [0.15, 0.2) is 16.0 Å². The average molecular weight is 391 g/mol. The molecule has 4 saturated carbocycles. The fraction of sp³-hybridized carbons (Fsp3) is 0.684. The second-order valence-electron chi connectivity index (χ2n) is 8.33. The minimum Gasteiger partial charge on any atom is -0.469 e. The summed E-state index contributed by atoms with van der Waals surface area (Å²) in [4.78, 5) is 42.6. The quantitative estimate of drug-likeness (QED) is 0.435. The van der Waals surface area contributed by atoms with Gasteiger partial charge in [0.15, 0.2) is 5.16 Å². The molecule has 2 N–H and O–H groups in total. The molecule has 4 aliphatic carbocycles. The van der Waals surface area contributed by atoms with Crippen LogP contribution in [0.25, 0.3) is 0 Å². The van der Waals surface area contributed by atoms with Crippen molar-refractivity contribution in [3.05, 3.63) is 22.1 Å². The molecule has 0 aromatic carbocycles. The Morgan fingerprint density at radius 2 is 1.89 bits per heavy atom. The van der Waals surface area contributed by atoms with Gasteiger partial charge in [-0.25, -0.2) is 4.98 Å². The van der Waals surface area contributed by atoms with Crippen molar-refractivity contribution in [2.45, 2.75) is 55.6 Å². The molecule has 0 aliphatic heterocycles. The van der Waals surface area contributed by atoms with Gasteiger partial charge in [-0.2, -0.15) is 0 Å². The highest BCUT2D eigenvalue weighted by molar-refractivity contribution is 7.99. The zero-order chi connectivity index (χ0) is 19.0. The molecule has 7 nitrogen and oxygen atoms in total. The Kier molecular flexibility index (Phi) is 5.01. The molecule has 1 heterocycles. The SMILES string of the molecule is COC(=O)Cc1cc(=O)[nH]c(SCC(=O)NC23CC4CC(CC(C4)C2)C3)n1. The predicted molar refractivity (Wildman–Crippen MR) is 100 cm³/mol. The van der Waals surface area contributed by atoms with Crippen LogP contribution < -0.4 is 10.9 Å². The Balaban J connectivity index is 1.36. The smallest absolute Gasteiger partial charge is 0.311 e.